The van der Waals surface area contributed by atoms with E-state index in [4.69, 9.17) is 23.7 Å². The van der Waals surface area contributed by atoms with Crippen LogP contribution in [0.15, 0.2) is 65.6 Å². The van der Waals surface area contributed by atoms with Crippen LogP contribution in [0.4, 0.5) is 11.4 Å². The van der Waals surface area contributed by atoms with Crippen LogP contribution in [0.2, 0.25) is 0 Å². The third-order valence-corrected chi connectivity index (χ3v) is 6.61. The van der Waals surface area contributed by atoms with Crippen molar-refractivity contribution in [3.63, 3.8) is 0 Å². The molecule has 0 saturated heterocycles. The molecule has 3 aromatic carbocycles. The summed E-state index contributed by atoms with van der Waals surface area (Å²) >= 11 is 0. The lowest BCUT2D eigenvalue weighted by Crippen LogP contribution is -2.14. The first kappa shape index (κ1) is 27.2. The molecule has 10 nitrogen and oxygen atoms in total. The Balaban J connectivity index is 1.73. The zero-order valence-corrected chi connectivity index (χ0v) is 21.8. The van der Waals surface area contributed by atoms with Crippen molar-refractivity contribution in [3.8, 4) is 28.7 Å². The Morgan fingerprint density at radius 1 is 0.757 bits per heavy atom. The van der Waals surface area contributed by atoms with E-state index in [1.54, 1.807) is 30.3 Å². The van der Waals surface area contributed by atoms with E-state index in [9.17, 15) is 13.2 Å². The van der Waals surface area contributed by atoms with E-state index >= 15 is 0 Å². The van der Waals surface area contributed by atoms with Gasteiger partial charge >= 0.3 is 0 Å². The fraction of sp³-hybridized carbons (Fsp3) is 0.192. The Hall–Kier alpha value is -4.38. The predicted molar refractivity (Wildman–Crippen MR) is 141 cm³/mol. The molecule has 0 radical (unpaired) electrons. The van der Waals surface area contributed by atoms with Crippen LogP contribution in [0, 0.1) is 0 Å². The van der Waals surface area contributed by atoms with E-state index in [0.717, 1.165) is 0 Å². The molecule has 1 amide bonds. The van der Waals surface area contributed by atoms with Crippen molar-refractivity contribution in [3.05, 3.63) is 66.2 Å². The number of benzene rings is 3. The lowest BCUT2D eigenvalue weighted by atomic mass is 10.1. The molecule has 0 aliphatic heterocycles. The molecular formula is C26H28N2O8S. The maximum absolute atomic E-state index is 12.9. The fourth-order valence-corrected chi connectivity index (χ4v) is 4.48. The number of nitrogens with one attached hydrogen (secondary N) is 2. The molecule has 37 heavy (non-hydrogen) atoms. The lowest BCUT2D eigenvalue weighted by molar-refractivity contribution is -0.111. The maximum Gasteiger partial charge on any atom is 0.262 e. The number of carbonyl (C=O) groups is 1. The van der Waals surface area contributed by atoms with E-state index in [2.05, 4.69) is 10.0 Å². The summed E-state index contributed by atoms with van der Waals surface area (Å²) in [4.78, 5) is 12.5. The topological polar surface area (TPSA) is 121 Å². The van der Waals surface area contributed by atoms with Gasteiger partial charge in [0.15, 0.2) is 11.5 Å². The number of amides is 1. The molecule has 0 unspecified atom stereocenters. The van der Waals surface area contributed by atoms with Gasteiger partial charge in [0.25, 0.3) is 10.0 Å². The number of sulfonamides is 1. The Kier molecular flexibility index (Phi) is 8.86. The van der Waals surface area contributed by atoms with Crippen molar-refractivity contribution in [1.82, 2.24) is 0 Å². The molecule has 0 heterocycles. The standard InChI is InChI=1S/C26H28N2O8S/c1-32-19-10-14-22(33-2)21(16-19)28-37(30,31)20-11-8-18(9-12-20)27-24(29)15-7-17-6-13-23(34-3)26(36-5)25(17)35-4/h6-16,28H,1-5H3,(H,27,29)/b15-7+. The third kappa shape index (κ3) is 6.44. The van der Waals surface area contributed by atoms with Gasteiger partial charge in [-0.05, 0) is 54.6 Å². The Morgan fingerprint density at radius 2 is 1.41 bits per heavy atom. The highest BCUT2D eigenvalue weighted by molar-refractivity contribution is 7.92. The van der Waals surface area contributed by atoms with Crippen molar-refractivity contribution >= 4 is 33.4 Å². The van der Waals surface area contributed by atoms with Crippen LogP contribution in [-0.2, 0) is 14.8 Å². The molecule has 0 saturated carbocycles. The molecule has 11 heteroatoms. The zero-order chi connectivity index (χ0) is 27.0. The summed E-state index contributed by atoms with van der Waals surface area (Å²) in [5.74, 6) is 1.70. The zero-order valence-electron chi connectivity index (χ0n) is 21.0. The molecule has 0 aliphatic carbocycles. The van der Waals surface area contributed by atoms with Gasteiger partial charge in [0.05, 0.1) is 46.1 Å². The molecule has 0 spiro atoms. The highest BCUT2D eigenvalue weighted by Crippen LogP contribution is 2.40. The summed E-state index contributed by atoms with van der Waals surface area (Å²) in [5, 5.41) is 2.69. The van der Waals surface area contributed by atoms with E-state index in [1.807, 2.05) is 0 Å². The lowest BCUT2D eigenvalue weighted by Gasteiger charge is -2.14. The van der Waals surface area contributed by atoms with Gasteiger partial charge in [0.2, 0.25) is 11.7 Å². The average molecular weight is 529 g/mol. The van der Waals surface area contributed by atoms with E-state index in [-0.39, 0.29) is 10.6 Å². The van der Waals surface area contributed by atoms with Gasteiger partial charge in [-0.25, -0.2) is 8.42 Å². The first-order valence-electron chi connectivity index (χ1n) is 10.9. The van der Waals surface area contributed by atoms with E-state index < -0.39 is 15.9 Å². The van der Waals surface area contributed by atoms with Crippen molar-refractivity contribution < 1.29 is 36.9 Å². The number of hydrogen-bond acceptors (Lipinski definition) is 8. The third-order valence-electron chi connectivity index (χ3n) is 5.23. The van der Waals surface area contributed by atoms with Crippen LogP contribution in [0.5, 0.6) is 28.7 Å². The normalized spacial score (nSPS) is 11.1. The van der Waals surface area contributed by atoms with Crippen LogP contribution in [-0.4, -0.2) is 49.9 Å². The predicted octanol–water partition coefficient (Wildman–Crippen LogP) is 4.18. The van der Waals surface area contributed by atoms with Gasteiger partial charge in [-0.3, -0.25) is 9.52 Å². The van der Waals surface area contributed by atoms with Crippen LogP contribution < -0.4 is 33.7 Å². The van der Waals surface area contributed by atoms with Gasteiger partial charge in [0, 0.05) is 23.4 Å². The molecule has 0 fully saturated rings. The Labute approximate surface area is 215 Å². The second-order valence-electron chi connectivity index (χ2n) is 7.44. The first-order valence-corrected chi connectivity index (χ1v) is 12.4. The number of anilines is 2. The summed E-state index contributed by atoms with van der Waals surface area (Å²) in [6.45, 7) is 0. The van der Waals surface area contributed by atoms with Crippen LogP contribution in [0.25, 0.3) is 6.08 Å². The van der Waals surface area contributed by atoms with Gasteiger partial charge < -0.3 is 29.0 Å². The van der Waals surface area contributed by atoms with Crippen molar-refractivity contribution in [2.24, 2.45) is 0 Å². The van der Waals surface area contributed by atoms with Crippen LogP contribution in [0.1, 0.15) is 5.56 Å². The molecule has 196 valence electrons. The van der Waals surface area contributed by atoms with Crippen molar-refractivity contribution in [2.45, 2.75) is 4.90 Å². The summed E-state index contributed by atoms with van der Waals surface area (Å²) < 4.78 is 54.7. The molecule has 0 aliphatic rings. The minimum Gasteiger partial charge on any atom is -0.497 e. The summed E-state index contributed by atoms with van der Waals surface area (Å²) in [6.07, 6.45) is 2.89. The Morgan fingerprint density at radius 3 is 2.00 bits per heavy atom. The second kappa shape index (κ2) is 12.0. The molecular weight excluding hydrogens is 500 g/mol. The average Bonchev–Trinajstić information content (AvgIpc) is 2.91. The number of methoxy groups -OCH3 is 5. The summed E-state index contributed by atoms with van der Waals surface area (Å²) in [7, 11) is 3.48. The van der Waals surface area contributed by atoms with Crippen LogP contribution >= 0.6 is 0 Å². The number of hydrogen-bond donors (Lipinski definition) is 2. The minimum absolute atomic E-state index is 0.000906. The van der Waals surface area contributed by atoms with Crippen LogP contribution in [0.3, 0.4) is 0 Å². The highest BCUT2D eigenvalue weighted by Gasteiger charge is 2.18. The molecule has 3 aromatic rings. The van der Waals surface area contributed by atoms with Gasteiger partial charge in [-0.1, -0.05) is 0 Å². The number of ether oxygens (including phenoxy) is 5. The second-order valence-corrected chi connectivity index (χ2v) is 9.12. The van der Waals surface area contributed by atoms with Gasteiger partial charge in [-0.15, -0.1) is 0 Å². The highest BCUT2D eigenvalue weighted by atomic mass is 32.2. The maximum atomic E-state index is 12.9. The van der Waals surface area contributed by atoms with E-state index in [0.29, 0.717) is 40.0 Å². The van der Waals surface area contributed by atoms with Gasteiger partial charge in [-0.2, -0.15) is 0 Å². The quantitative estimate of drug-likeness (QED) is 0.356. The van der Waals surface area contributed by atoms with Crippen molar-refractivity contribution in [2.75, 3.05) is 45.6 Å². The fourth-order valence-electron chi connectivity index (χ4n) is 3.42. The minimum atomic E-state index is -3.93. The number of carbonyl (C=O) groups excluding carboxylic acids is 1. The largest absolute Gasteiger partial charge is 0.497 e. The summed E-state index contributed by atoms with van der Waals surface area (Å²) in [6, 6.07) is 13.9. The Bertz CT molecular complexity index is 1390. The smallest absolute Gasteiger partial charge is 0.262 e. The first-order chi connectivity index (χ1) is 17.8. The van der Waals surface area contributed by atoms with Crippen molar-refractivity contribution in [1.29, 1.82) is 0 Å². The molecule has 0 bridgehead atoms. The molecule has 0 aromatic heterocycles. The SMILES string of the molecule is COc1ccc(OC)c(NS(=O)(=O)c2ccc(NC(=O)/C=C/c3ccc(OC)c(OC)c3OC)cc2)c1. The molecule has 2 N–H and O–H groups in total. The molecule has 0 atom stereocenters. The van der Waals surface area contributed by atoms with E-state index in [1.165, 1.54) is 72.0 Å². The monoisotopic (exact) mass is 528 g/mol. The molecule has 3 rings (SSSR count). The van der Waals surface area contributed by atoms with Gasteiger partial charge in [0.1, 0.15) is 11.5 Å². The summed E-state index contributed by atoms with van der Waals surface area (Å²) in [5.41, 5.74) is 1.25. The number of rotatable bonds is 11.